The molecule has 1 aliphatic heterocycles. The Morgan fingerprint density at radius 2 is 1.77 bits per heavy atom. The first kappa shape index (κ1) is 14.6. The van der Waals surface area contributed by atoms with Crippen LogP contribution in [-0.2, 0) is 9.59 Å². The molecule has 2 aromatic carbocycles. The van der Waals surface area contributed by atoms with Gasteiger partial charge in [0.15, 0.2) is 0 Å². The Hall–Kier alpha value is -2.34. The molecule has 0 unspecified atom stereocenters. The van der Waals surface area contributed by atoms with Crippen molar-refractivity contribution in [2.24, 2.45) is 0 Å². The van der Waals surface area contributed by atoms with Crippen molar-refractivity contribution in [1.82, 2.24) is 0 Å². The molecule has 3 rings (SSSR count). The minimum Gasteiger partial charge on any atom is -0.372 e. The first-order chi connectivity index (χ1) is 10.6. The van der Waals surface area contributed by atoms with E-state index in [4.69, 9.17) is 0 Å². The van der Waals surface area contributed by atoms with E-state index in [1.807, 2.05) is 36.4 Å². The number of anilines is 3. The molecule has 1 aliphatic rings. The molecule has 0 aromatic heterocycles. The number of amides is 2. The van der Waals surface area contributed by atoms with Crippen molar-refractivity contribution in [2.75, 3.05) is 16.0 Å². The topological polar surface area (TPSA) is 70.2 Å². The van der Waals surface area contributed by atoms with Gasteiger partial charge in [-0.05, 0) is 36.4 Å². The maximum atomic E-state index is 12.1. The zero-order valence-electron chi connectivity index (χ0n) is 11.6. The third-order valence-corrected chi connectivity index (χ3v) is 3.88. The van der Waals surface area contributed by atoms with Crippen molar-refractivity contribution in [2.45, 2.75) is 12.5 Å². The summed E-state index contributed by atoms with van der Waals surface area (Å²) >= 11 is 3.34. The predicted molar refractivity (Wildman–Crippen MR) is 89.9 cm³/mol. The smallest absolute Gasteiger partial charge is 0.247 e. The van der Waals surface area contributed by atoms with Crippen molar-refractivity contribution >= 4 is 44.8 Å². The molecule has 0 saturated heterocycles. The van der Waals surface area contributed by atoms with E-state index in [9.17, 15) is 9.59 Å². The lowest BCUT2D eigenvalue weighted by Gasteiger charge is -2.26. The van der Waals surface area contributed by atoms with Gasteiger partial charge >= 0.3 is 0 Å². The van der Waals surface area contributed by atoms with E-state index in [0.717, 1.165) is 15.8 Å². The van der Waals surface area contributed by atoms with Crippen LogP contribution < -0.4 is 16.0 Å². The van der Waals surface area contributed by atoms with Crippen LogP contribution in [0.15, 0.2) is 53.0 Å². The van der Waals surface area contributed by atoms with Crippen molar-refractivity contribution in [1.29, 1.82) is 0 Å². The molecule has 0 fully saturated rings. The van der Waals surface area contributed by atoms with Crippen molar-refractivity contribution in [3.8, 4) is 0 Å². The van der Waals surface area contributed by atoms with E-state index in [1.165, 1.54) is 0 Å². The average molecular weight is 360 g/mol. The molecule has 0 aliphatic carbocycles. The molecule has 0 spiro atoms. The van der Waals surface area contributed by atoms with Gasteiger partial charge in [0.05, 0.1) is 17.8 Å². The second-order valence-corrected chi connectivity index (χ2v) is 5.91. The number of para-hydroxylation sites is 2. The van der Waals surface area contributed by atoms with Crippen LogP contribution in [0, 0.1) is 0 Å². The highest BCUT2D eigenvalue weighted by Gasteiger charge is 2.27. The van der Waals surface area contributed by atoms with Crippen LogP contribution in [-0.4, -0.2) is 17.9 Å². The molecule has 0 radical (unpaired) electrons. The molecule has 0 saturated carbocycles. The summed E-state index contributed by atoms with van der Waals surface area (Å²) in [5.41, 5.74) is 2.26. The number of carbonyl (C=O) groups is 2. The molecular formula is C16H14BrN3O2. The van der Waals surface area contributed by atoms with Crippen LogP contribution in [0.4, 0.5) is 17.1 Å². The Balaban J connectivity index is 1.64. The van der Waals surface area contributed by atoms with Gasteiger partial charge in [-0.15, -0.1) is 0 Å². The fourth-order valence-corrected chi connectivity index (χ4v) is 2.53. The molecule has 1 heterocycles. The second kappa shape index (κ2) is 6.19. The third kappa shape index (κ3) is 3.28. The molecular weight excluding hydrogens is 346 g/mol. The van der Waals surface area contributed by atoms with Gasteiger partial charge in [-0.25, -0.2) is 0 Å². The third-order valence-electron chi connectivity index (χ3n) is 3.35. The summed E-state index contributed by atoms with van der Waals surface area (Å²) in [6.07, 6.45) is 0.0657. The summed E-state index contributed by atoms with van der Waals surface area (Å²) in [4.78, 5) is 24.1. The minimum atomic E-state index is -0.578. The van der Waals surface area contributed by atoms with Crippen LogP contribution in [0.25, 0.3) is 0 Å². The number of hydrogen-bond donors (Lipinski definition) is 3. The molecule has 3 N–H and O–H groups in total. The molecule has 6 heteroatoms. The Bertz CT molecular complexity index is 716. The average Bonchev–Trinajstić information content (AvgIpc) is 2.50. The maximum Gasteiger partial charge on any atom is 0.247 e. The molecule has 2 amide bonds. The van der Waals surface area contributed by atoms with Gasteiger partial charge in [-0.1, -0.05) is 28.1 Å². The van der Waals surface area contributed by atoms with Crippen LogP contribution in [0.3, 0.4) is 0 Å². The minimum absolute atomic E-state index is 0.0657. The van der Waals surface area contributed by atoms with E-state index in [-0.39, 0.29) is 18.2 Å². The maximum absolute atomic E-state index is 12.1. The Labute approximate surface area is 136 Å². The van der Waals surface area contributed by atoms with E-state index >= 15 is 0 Å². The zero-order chi connectivity index (χ0) is 15.5. The Kier molecular flexibility index (Phi) is 4.11. The van der Waals surface area contributed by atoms with Gasteiger partial charge in [0.25, 0.3) is 0 Å². The summed E-state index contributed by atoms with van der Waals surface area (Å²) in [6.45, 7) is 0. The number of hydrogen-bond acceptors (Lipinski definition) is 3. The fourth-order valence-electron chi connectivity index (χ4n) is 2.27. The van der Waals surface area contributed by atoms with E-state index < -0.39 is 6.04 Å². The second-order valence-electron chi connectivity index (χ2n) is 4.99. The first-order valence-corrected chi connectivity index (χ1v) is 7.63. The lowest BCUT2D eigenvalue weighted by molar-refractivity contribution is -0.122. The quantitative estimate of drug-likeness (QED) is 0.787. The number of nitrogens with one attached hydrogen (secondary N) is 3. The summed E-state index contributed by atoms with van der Waals surface area (Å²) in [5, 5.41) is 8.67. The monoisotopic (exact) mass is 359 g/mol. The van der Waals surface area contributed by atoms with E-state index in [0.29, 0.717) is 5.69 Å². The molecule has 2 aromatic rings. The summed E-state index contributed by atoms with van der Waals surface area (Å²) < 4.78 is 0.940. The normalized spacial score (nSPS) is 16.2. The first-order valence-electron chi connectivity index (χ1n) is 6.84. The number of carbonyl (C=O) groups excluding carboxylic acids is 2. The molecule has 5 nitrogen and oxygen atoms in total. The Morgan fingerprint density at radius 1 is 1.09 bits per heavy atom. The summed E-state index contributed by atoms with van der Waals surface area (Å²) in [7, 11) is 0. The van der Waals surface area contributed by atoms with Crippen LogP contribution >= 0.6 is 15.9 Å². The van der Waals surface area contributed by atoms with Gasteiger partial charge < -0.3 is 16.0 Å². The van der Waals surface area contributed by atoms with Gasteiger partial charge in [-0.3, -0.25) is 9.59 Å². The zero-order valence-corrected chi connectivity index (χ0v) is 13.2. The molecule has 112 valence electrons. The number of fused-ring (bicyclic) bond motifs is 1. The van der Waals surface area contributed by atoms with Crippen molar-refractivity contribution in [3.05, 3.63) is 53.0 Å². The van der Waals surface area contributed by atoms with Gasteiger partial charge in [0.2, 0.25) is 11.8 Å². The van der Waals surface area contributed by atoms with Crippen molar-refractivity contribution < 1.29 is 9.59 Å². The SMILES string of the molecule is O=C(C[C@@H]1Nc2ccccc2NC1=O)Nc1ccc(Br)cc1. The van der Waals surface area contributed by atoms with Crippen LogP contribution in [0.2, 0.25) is 0 Å². The standard InChI is InChI=1S/C16H14BrN3O2/c17-10-5-7-11(8-6-10)18-15(21)9-14-16(22)20-13-4-2-1-3-12(13)19-14/h1-8,14,19H,9H2,(H,18,21)(H,20,22)/t14-/m0/s1. The van der Waals surface area contributed by atoms with E-state index in [1.54, 1.807) is 12.1 Å². The largest absolute Gasteiger partial charge is 0.372 e. The Morgan fingerprint density at radius 3 is 2.50 bits per heavy atom. The lowest BCUT2D eigenvalue weighted by Crippen LogP contribution is -2.41. The molecule has 1 atom stereocenters. The van der Waals surface area contributed by atoms with E-state index in [2.05, 4.69) is 31.9 Å². The van der Waals surface area contributed by atoms with Gasteiger partial charge in [0, 0.05) is 10.2 Å². The van der Waals surface area contributed by atoms with Gasteiger partial charge in [0.1, 0.15) is 6.04 Å². The highest BCUT2D eigenvalue weighted by molar-refractivity contribution is 9.10. The number of halogens is 1. The summed E-state index contributed by atoms with van der Waals surface area (Å²) in [5.74, 6) is -0.418. The van der Waals surface area contributed by atoms with Crippen molar-refractivity contribution in [3.63, 3.8) is 0 Å². The van der Waals surface area contributed by atoms with Crippen LogP contribution in [0.1, 0.15) is 6.42 Å². The lowest BCUT2D eigenvalue weighted by atomic mass is 10.1. The highest BCUT2D eigenvalue weighted by Crippen LogP contribution is 2.26. The number of rotatable bonds is 3. The fraction of sp³-hybridized carbons (Fsp3) is 0.125. The predicted octanol–water partition coefficient (Wildman–Crippen LogP) is 3.21. The van der Waals surface area contributed by atoms with Gasteiger partial charge in [-0.2, -0.15) is 0 Å². The molecule has 0 bridgehead atoms. The van der Waals surface area contributed by atoms with Crippen LogP contribution in [0.5, 0.6) is 0 Å². The highest BCUT2D eigenvalue weighted by atomic mass is 79.9. The number of benzene rings is 2. The summed E-state index contributed by atoms with van der Waals surface area (Å²) in [6, 6.07) is 14.1. The molecule has 22 heavy (non-hydrogen) atoms.